The normalized spacial score (nSPS) is 13.0. The summed E-state index contributed by atoms with van der Waals surface area (Å²) in [6.07, 6.45) is 0. The molecule has 0 radical (unpaired) electrons. The summed E-state index contributed by atoms with van der Waals surface area (Å²) >= 11 is 7.36. The molecule has 0 amide bonds. The van der Waals surface area contributed by atoms with Gasteiger partial charge in [-0.2, -0.15) is 0 Å². The van der Waals surface area contributed by atoms with Crippen LogP contribution in [0.25, 0.3) is 11.0 Å². The second-order valence-corrected chi connectivity index (χ2v) is 5.75. The van der Waals surface area contributed by atoms with Crippen LogP contribution in [0.15, 0.2) is 35.1 Å². The Bertz CT molecular complexity index is 758. The zero-order valence-electron chi connectivity index (χ0n) is 9.24. The Morgan fingerprint density at radius 2 is 1.94 bits per heavy atom. The van der Waals surface area contributed by atoms with Gasteiger partial charge in [0.15, 0.2) is 0 Å². The lowest BCUT2D eigenvalue weighted by atomic mass is 10.1. The Kier molecular flexibility index (Phi) is 2.74. The van der Waals surface area contributed by atoms with Crippen LogP contribution in [-0.2, 0) is 0 Å². The van der Waals surface area contributed by atoms with Gasteiger partial charge in [-0.25, -0.2) is 4.79 Å². The van der Waals surface area contributed by atoms with E-state index in [4.69, 9.17) is 17.3 Å². The molecule has 4 N–H and O–H groups in total. The Hall–Kier alpha value is -1.56. The summed E-state index contributed by atoms with van der Waals surface area (Å²) in [6, 6.07) is 9.15. The number of imidazole rings is 1. The summed E-state index contributed by atoms with van der Waals surface area (Å²) in [4.78, 5) is 17.6. The van der Waals surface area contributed by atoms with E-state index in [-0.39, 0.29) is 11.7 Å². The number of hydrogen-bond acceptors (Lipinski definition) is 3. The third-order valence-corrected chi connectivity index (χ3v) is 4.11. The topological polar surface area (TPSA) is 74.7 Å². The summed E-state index contributed by atoms with van der Waals surface area (Å²) in [5, 5.41) is 0. The lowest BCUT2D eigenvalue weighted by Crippen LogP contribution is -2.09. The molecule has 18 heavy (non-hydrogen) atoms. The lowest BCUT2D eigenvalue weighted by Gasteiger charge is -2.09. The molecule has 4 nitrogen and oxygen atoms in total. The molecule has 3 rings (SSSR count). The van der Waals surface area contributed by atoms with Crippen LogP contribution in [0.3, 0.4) is 0 Å². The molecule has 0 spiro atoms. The van der Waals surface area contributed by atoms with Gasteiger partial charge in [0.25, 0.3) is 0 Å². The van der Waals surface area contributed by atoms with Crippen molar-refractivity contribution in [3.63, 3.8) is 0 Å². The smallest absolute Gasteiger partial charge is 0.320 e. The Morgan fingerprint density at radius 1 is 1.17 bits per heavy atom. The van der Waals surface area contributed by atoms with Crippen LogP contribution < -0.4 is 11.4 Å². The zero-order chi connectivity index (χ0) is 12.7. The number of nitrogens with one attached hydrogen (secondary N) is 2. The van der Waals surface area contributed by atoms with Gasteiger partial charge in [0, 0.05) is 4.88 Å². The highest BCUT2D eigenvalue weighted by Crippen LogP contribution is 2.30. The van der Waals surface area contributed by atoms with Gasteiger partial charge in [-0.1, -0.05) is 17.7 Å². The van der Waals surface area contributed by atoms with Crippen LogP contribution in [0.1, 0.15) is 16.5 Å². The van der Waals surface area contributed by atoms with Crippen LogP contribution in [0, 0.1) is 0 Å². The van der Waals surface area contributed by atoms with E-state index < -0.39 is 0 Å². The number of thiophene rings is 1. The van der Waals surface area contributed by atoms with E-state index in [0.717, 1.165) is 25.8 Å². The Labute approximate surface area is 111 Å². The van der Waals surface area contributed by atoms with Crippen molar-refractivity contribution >= 4 is 34.0 Å². The number of H-pyrrole nitrogens is 2. The third-order valence-electron chi connectivity index (χ3n) is 2.80. The summed E-state index contributed by atoms with van der Waals surface area (Å²) in [5.74, 6) is 0. The number of aromatic nitrogens is 2. The average Bonchev–Trinajstić information content (AvgIpc) is 2.92. The van der Waals surface area contributed by atoms with Gasteiger partial charge in [0.1, 0.15) is 0 Å². The van der Waals surface area contributed by atoms with Gasteiger partial charge in [0.2, 0.25) is 0 Å². The molecular weight excluding hydrogens is 270 g/mol. The SMILES string of the molecule is NC(c1ccc2[nH]c(=O)[nH]c2c1)c1ccc(Cl)s1. The van der Waals surface area contributed by atoms with Crippen molar-refractivity contribution < 1.29 is 0 Å². The van der Waals surface area contributed by atoms with Gasteiger partial charge < -0.3 is 15.7 Å². The molecule has 92 valence electrons. The van der Waals surface area contributed by atoms with Gasteiger partial charge in [-0.3, -0.25) is 0 Å². The molecule has 0 aliphatic carbocycles. The number of aromatic amines is 2. The molecule has 0 aliphatic rings. The van der Waals surface area contributed by atoms with Crippen molar-refractivity contribution in [1.82, 2.24) is 9.97 Å². The highest BCUT2D eigenvalue weighted by atomic mass is 35.5. The molecule has 3 aromatic rings. The lowest BCUT2D eigenvalue weighted by molar-refractivity contribution is 0.895. The minimum Gasteiger partial charge on any atom is -0.320 e. The molecule has 2 aromatic heterocycles. The summed E-state index contributed by atoms with van der Waals surface area (Å²) < 4.78 is 0.719. The first-order valence-corrected chi connectivity index (χ1v) is 6.56. The fourth-order valence-corrected chi connectivity index (χ4v) is 2.99. The van der Waals surface area contributed by atoms with Crippen molar-refractivity contribution in [3.05, 3.63) is 55.6 Å². The maximum atomic E-state index is 11.2. The van der Waals surface area contributed by atoms with E-state index in [9.17, 15) is 4.79 Å². The Morgan fingerprint density at radius 3 is 2.67 bits per heavy atom. The molecule has 0 saturated heterocycles. The predicted octanol–water partition coefficient (Wildman–Crippen LogP) is 2.62. The molecule has 0 bridgehead atoms. The number of nitrogens with two attached hydrogens (primary N) is 1. The molecule has 6 heteroatoms. The van der Waals surface area contributed by atoms with E-state index in [1.165, 1.54) is 11.3 Å². The molecule has 0 saturated carbocycles. The second kappa shape index (κ2) is 4.28. The molecular formula is C12H10ClN3OS. The fraction of sp³-hybridized carbons (Fsp3) is 0.0833. The van der Waals surface area contributed by atoms with Crippen molar-refractivity contribution in [2.45, 2.75) is 6.04 Å². The highest BCUT2D eigenvalue weighted by molar-refractivity contribution is 7.16. The van der Waals surface area contributed by atoms with Crippen molar-refractivity contribution in [1.29, 1.82) is 0 Å². The fourth-order valence-electron chi connectivity index (χ4n) is 1.90. The quantitative estimate of drug-likeness (QED) is 0.674. The summed E-state index contributed by atoms with van der Waals surface area (Å²) in [7, 11) is 0. The van der Waals surface area contributed by atoms with E-state index in [1.807, 2.05) is 30.3 Å². The van der Waals surface area contributed by atoms with E-state index in [0.29, 0.717) is 0 Å². The molecule has 0 fully saturated rings. The first-order chi connectivity index (χ1) is 8.63. The van der Waals surface area contributed by atoms with Gasteiger partial charge >= 0.3 is 5.69 Å². The maximum absolute atomic E-state index is 11.2. The van der Waals surface area contributed by atoms with Gasteiger partial charge in [-0.05, 0) is 29.8 Å². The van der Waals surface area contributed by atoms with Crippen molar-refractivity contribution in [3.8, 4) is 0 Å². The molecule has 1 aromatic carbocycles. The summed E-state index contributed by atoms with van der Waals surface area (Å²) in [5.41, 5.74) is 8.44. The van der Waals surface area contributed by atoms with Crippen LogP contribution >= 0.6 is 22.9 Å². The minimum absolute atomic E-state index is 0.213. The van der Waals surface area contributed by atoms with Crippen LogP contribution in [-0.4, -0.2) is 9.97 Å². The number of benzene rings is 1. The zero-order valence-corrected chi connectivity index (χ0v) is 10.8. The third kappa shape index (κ3) is 1.96. The first kappa shape index (κ1) is 11.5. The standard InChI is InChI=1S/C12H10ClN3OS/c13-10-4-3-9(18-10)11(14)6-1-2-7-8(5-6)16-12(17)15-7/h1-5,11H,14H2,(H2,15,16,17). The largest absolute Gasteiger partial charge is 0.323 e. The van der Waals surface area contributed by atoms with Gasteiger partial charge in [0.05, 0.1) is 21.4 Å². The average molecular weight is 280 g/mol. The van der Waals surface area contributed by atoms with Crippen LogP contribution in [0.2, 0.25) is 4.34 Å². The van der Waals surface area contributed by atoms with Gasteiger partial charge in [-0.15, -0.1) is 11.3 Å². The van der Waals surface area contributed by atoms with E-state index in [2.05, 4.69) is 9.97 Å². The second-order valence-electron chi connectivity index (χ2n) is 4.00. The summed E-state index contributed by atoms with van der Waals surface area (Å²) in [6.45, 7) is 0. The van der Waals surface area contributed by atoms with Crippen LogP contribution in [0.5, 0.6) is 0 Å². The minimum atomic E-state index is -0.231. The van der Waals surface area contributed by atoms with E-state index in [1.54, 1.807) is 0 Å². The van der Waals surface area contributed by atoms with Crippen molar-refractivity contribution in [2.24, 2.45) is 5.73 Å². The number of halogens is 1. The van der Waals surface area contributed by atoms with E-state index >= 15 is 0 Å². The number of hydrogen-bond donors (Lipinski definition) is 3. The maximum Gasteiger partial charge on any atom is 0.323 e. The highest BCUT2D eigenvalue weighted by Gasteiger charge is 2.12. The predicted molar refractivity (Wildman–Crippen MR) is 74.3 cm³/mol. The number of fused-ring (bicyclic) bond motifs is 1. The molecule has 1 atom stereocenters. The molecule has 1 unspecified atom stereocenters. The monoisotopic (exact) mass is 279 g/mol. The molecule has 0 aliphatic heterocycles. The first-order valence-electron chi connectivity index (χ1n) is 5.36. The Balaban J connectivity index is 2.05. The van der Waals surface area contributed by atoms with Crippen LogP contribution in [0.4, 0.5) is 0 Å². The van der Waals surface area contributed by atoms with Crippen molar-refractivity contribution in [2.75, 3.05) is 0 Å². The number of rotatable bonds is 2. The molecule has 2 heterocycles.